The van der Waals surface area contributed by atoms with Crippen molar-refractivity contribution in [2.24, 2.45) is 11.8 Å². The third-order valence-corrected chi connectivity index (χ3v) is 11.6. The number of carbonyl (C=O) groups is 4. The average Bonchev–Trinajstić information content (AvgIpc) is 3.76. The molecule has 10 nitrogen and oxygen atoms in total. The number of nitrogens with one attached hydrogen (secondary N) is 1. The van der Waals surface area contributed by atoms with Crippen molar-refractivity contribution in [3.05, 3.63) is 126 Å². The number of nitrogens with zero attached hydrogens (tertiary/aromatic N) is 2. The first-order valence-corrected chi connectivity index (χ1v) is 18.9. The summed E-state index contributed by atoms with van der Waals surface area (Å²) < 4.78 is 12.4. The largest absolute Gasteiger partial charge is 0.463 e. The van der Waals surface area contributed by atoms with Gasteiger partial charge in [-0.3, -0.25) is 19.2 Å². The number of anilines is 1. The van der Waals surface area contributed by atoms with Crippen LogP contribution in [0, 0.1) is 25.7 Å². The summed E-state index contributed by atoms with van der Waals surface area (Å²) in [5, 5.41) is 14.0. The molecule has 1 unspecified atom stereocenters. The zero-order valence-electron chi connectivity index (χ0n) is 30.0. The molecule has 53 heavy (non-hydrogen) atoms. The predicted molar refractivity (Wildman–Crippen MR) is 205 cm³/mol. The van der Waals surface area contributed by atoms with E-state index in [1.165, 1.54) is 4.90 Å². The van der Waals surface area contributed by atoms with E-state index in [4.69, 9.17) is 9.47 Å². The minimum Gasteiger partial charge on any atom is -0.463 e. The Morgan fingerprint density at radius 3 is 2.26 bits per heavy atom. The first kappa shape index (κ1) is 38.2. The molecule has 3 aliphatic rings. The van der Waals surface area contributed by atoms with Crippen molar-refractivity contribution < 1.29 is 33.8 Å². The number of rotatable bonds is 15. The van der Waals surface area contributed by atoms with Gasteiger partial charge in [0.2, 0.25) is 11.8 Å². The number of alkyl halides is 1. The molecule has 2 bridgehead atoms. The fourth-order valence-corrected chi connectivity index (χ4v) is 9.40. The average molecular weight is 785 g/mol. The molecule has 1 spiro atoms. The molecule has 3 heterocycles. The predicted octanol–water partition coefficient (Wildman–Crippen LogP) is 5.67. The lowest BCUT2D eigenvalue weighted by molar-refractivity contribution is -0.146. The van der Waals surface area contributed by atoms with Gasteiger partial charge in [-0.15, -0.1) is 13.2 Å². The summed E-state index contributed by atoms with van der Waals surface area (Å²) in [5.74, 6) is -3.74. The van der Waals surface area contributed by atoms with E-state index in [0.29, 0.717) is 17.7 Å². The number of para-hydroxylation sites is 1. The smallest absolute Gasteiger partial charge is 0.306 e. The number of benzene rings is 3. The molecule has 3 saturated heterocycles. The molecule has 278 valence electrons. The van der Waals surface area contributed by atoms with Gasteiger partial charge in [0.05, 0.1) is 36.6 Å². The van der Waals surface area contributed by atoms with Crippen molar-refractivity contribution in [1.82, 2.24) is 10.2 Å². The van der Waals surface area contributed by atoms with Crippen LogP contribution in [0.15, 0.2) is 104 Å². The minimum atomic E-state index is -1.40. The molecule has 2 N–H and O–H groups in total. The number of fused-ring (bicyclic) bond motifs is 1. The molecule has 0 radical (unpaired) electrons. The number of likely N-dealkylation sites (tertiary alicyclic amines) is 1. The second-order valence-corrected chi connectivity index (χ2v) is 15.2. The van der Waals surface area contributed by atoms with Crippen molar-refractivity contribution >= 4 is 45.3 Å². The highest BCUT2D eigenvalue weighted by molar-refractivity contribution is 9.09. The summed E-state index contributed by atoms with van der Waals surface area (Å²) in [7, 11) is 0. The number of amides is 3. The number of hydrogen-bond donors (Lipinski definition) is 2. The zero-order chi connectivity index (χ0) is 37.9. The maximum absolute atomic E-state index is 15.3. The summed E-state index contributed by atoms with van der Waals surface area (Å²) in [6.45, 7) is 11.0. The molecule has 3 aromatic rings. The fraction of sp³-hybridized carbons (Fsp3) is 0.381. The normalized spacial score (nSPS) is 25.3. The van der Waals surface area contributed by atoms with Gasteiger partial charge in [-0.25, -0.2) is 0 Å². The van der Waals surface area contributed by atoms with Crippen LogP contribution in [-0.2, 0) is 28.7 Å². The molecule has 0 saturated carbocycles. The van der Waals surface area contributed by atoms with Gasteiger partial charge >= 0.3 is 5.97 Å². The number of aliphatic hydroxyl groups is 1. The number of allylic oxidation sites excluding steroid dienone is 1. The molecule has 3 amide bonds. The Hall–Kier alpha value is -4.58. The first-order valence-electron chi connectivity index (χ1n) is 18.0. The number of carbonyl (C=O) groups excluding carboxylic acids is 4. The monoisotopic (exact) mass is 783 g/mol. The Balaban J connectivity index is 1.42. The maximum atomic E-state index is 15.3. The van der Waals surface area contributed by atoms with Crippen molar-refractivity contribution in [3.63, 3.8) is 0 Å². The van der Waals surface area contributed by atoms with Gasteiger partial charge < -0.3 is 29.7 Å². The Kier molecular flexibility index (Phi) is 11.7. The highest BCUT2D eigenvalue weighted by atomic mass is 79.9. The number of ether oxygens (including phenoxy) is 2. The van der Waals surface area contributed by atoms with Crippen LogP contribution in [0.2, 0.25) is 0 Å². The zero-order valence-corrected chi connectivity index (χ0v) is 31.6. The van der Waals surface area contributed by atoms with Gasteiger partial charge in [0, 0.05) is 23.5 Å². The van der Waals surface area contributed by atoms with Gasteiger partial charge in [-0.05, 0) is 48.9 Å². The highest BCUT2D eigenvalue weighted by Crippen LogP contribution is 2.61. The SMILES string of the molecule is C=CCCC(=O)OC[C@H](NC(=O)[C@@H]1[C@H]2O[C@@]3(CC2Br)[C@H](C(=O)N(CC=C)c2c(C)cccc2C)N([C@H](CO)c2ccccc2)C(=O)[C@@H]13)c1ccccc1. The molecule has 8 atom stereocenters. The quantitative estimate of drug-likeness (QED) is 0.116. The summed E-state index contributed by atoms with van der Waals surface area (Å²) in [4.78, 5) is 60.2. The first-order chi connectivity index (χ1) is 25.6. The fourth-order valence-electron chi connectivity index (χ4n) is 8.45. The van der Waals surface area contributed by atoms with Gasteiger partial charge in [0.15, 0.2) is 0 Å². The number of halogens is 1. The standard InChI is InChI=1S/C42H46BrN3O7/c1-5-7-21-33(48)52-25-31(28-17-10-8-11-18-28)44-39(49)34-35-40(50)46(32(24-47)29-19-12-9-13-20-29)38(42(35)23-30(43)37(34)53-42)41(51)45(22-6-2)36-26(3)15-14-16-27(36)4/h5-6,8-20,30-32,34-35,37-38,47H,1-2,7,21-25H2,3-4H3,(H,44,49)/t30?,31-,32+,34-,35+,37-,38-,42+/m0/s1. The van der Waals surface area contributed by atoms with Crippen LogP contribution < -0.4 is 10.2 Å². The van der Waals surface area contributed by atoms with Gasteiger partial charge in [-0.2, -0.15) is 0 Å². The number of aliphatic hydroxyl groups excluding tert-OH is 1. The Morgan fingerprint density at radius 1 is 1.02 bits per heavy atom. The van der Waals surface area contributed by atoms with Gasteiger partial charge in [-0.1, -0.05) is 107 Å². The number of hydrogen-bond acceptors (Lipinski definition) is 7. The molecule has 0 aromatic heterocycles. The third-order valence-electron chi connectivity index (χ3n) is 10.7. The van der Waals surface area contributed by atoms with Crippen LogP contribution in [0.1, 0.15) is 53.6 Å². The van der Waals surface area contributed by atoms with Crippen LogP contribution in [0.4, 0.5) is 5.69 Å². The molecule has 3 aromatic carbocycles. The van der Waals surface area contributed by atoms with E-state index in [1.807, 2.05) is 92.7 Å². The highest BCUT2D eigenvalue weighted by Gasteiger charge is 2.77. The molecule has 6 rings (SSSR count). The number of aryl methyl sites for hydroxylation is 2. The van der Waals surface area contributed by atoms with Crippen LogP contribution in [0.5, 0.6) is 0 Å². The van der Waals surface area contributed by atoms with Crippen LogP contribution in [0.25, 0.3) is 0 Å². The van der Waals surface area contributed by atoms with E-state index in [2.05, 4.69) is 34.4 Å². The lowest BCUT2D eigenvalue weighted by atomic mass is 9.70. The second kappa shape index (κ2) is 16.2. The third kappa shape index (κ3) is 7.10. The summed E-state index contributed by atoms with van der Waals surface area (Å²) >= 11 is 3.77. The van der Waals surface area contributed by atoms with Crippen molar-refractivity contribution in [3.8, 4) is 0 Å². The lowest BCUT2D eigenvalue weighted by Crippen LogP contribution is -2.58. The van der Waals surface area contributed by atoms with Crippen molar-refractivity contribution in [1.29, 1.82) is 0 Å². The molecule has 3 fully saturated rings. The van der Waals surface area contributed by atoms with E-state index >= 15 is 9.59 Å². The van der Waals surface area contributed by atoms with Crippen LogP contribution >= 0.6 is 15.9 Å². The summed E-state index contributed by atoms with van der Waals surface area (Å²) in [6.07, 6.45) is 3.46. The topological polar surface area (TPSA) is 125 Å². The van der Waals surface area contributed by atoms with E-state index < -0.39 is 66.1 Å². The van der Waals surface area contributed by atoms with Gasteiger partial charge in [0.25, 0.3) is 5.91 Å². The van der Waals surface area contributed by atoms with Crippen molar-refractivity contribution in [2.75, 3.05) is 24.7 Å². The van der Waals surface area contributed by atoms with Gasteiger partial charge in [0.1, 0.15) is 18.2 Å². The Bertz CT molecular complexity index is 1840. The molecule has 3 aliphatic heterocycles. The Labute approximate surface area is 319 Å². The summed E-state index contributed by atoms with van der Waals surface area (Å²) in [5.41, 5.74) is 2.42. The number of esters is 1. The molecular formula is C42H46BrN3O7. The van der Waals surface area contributed by atoms with E-state index in [9.17, 15) is 14.7 Å². The lowest BCUT2D eigenvalue weighted by Gasteiger charge is -2.40. The van der Waals surface area contributed by atoms with E-state index in [0.717, 1.165) is 16.7 Å². The minimum absolute atomic E-state index is 0.119. The second-order valence-electron chi connectivity index (χ2n) is 14.0. The molecule has 11 heteroatoms. The van der Waals surface area contributed by atoms with Crippen LogP contribution in [0.3, 0.4) is 0 Å². The maximum Gasteiger partial charge on any atom is 0.306 e. The van der Waals surface area contributed by atoms with Crippen molar-refractivity contribution in [2.45, 2.75) is 67.8 Å². The Morgan fingerprint density at radius 2 is 1.66 bits per heavy atom. The summed E-state index contributed by atoms with van der Waals surface area (Å²) in [6, 6.07) is 21.3. The molecule has 0 aliphatic carbocycles. The van der Waals surface area contributed by atoms with E-state index in [1.54, 1.807) is 17.1 Å². The van der Waals surface area contributed by atoms with E-state index in [-0.39, 0.29) is 36.7 Å². The van der Waals surface area contributed by atoms with Crippen LogP contribution in [-0.4, -0.2) is 76.0 Å². The molecular weight excluding hydrogens is 738 g/mol.